The fraction of sp³-hybridized carbons (Fsp3) is 0.423. The van der Waals surface area contributed by atoms with Gasteiger partial charge in [0, 0.05) is 0 Å². The smallest absolute Gasteiger partial charge is 1.00 e. The van der Waals surface area contributed by atoms with Gasteiger partial charge in [0.1, 0.15) is 0 Å². The van der Waals surface area contributed by atoms with Gasteiger partial charge in [-0.2, -0.15) is 12.1 Å². The first-order valence-corrected chi connectivity index (χ1v) is 27.3. The van der Waals surface area contributed by atoms with E-state index >= 15 is 0 Å². The van der Waals surface area contributed by atoms with Gasteiger partial charge in [0.2, 0.25) is 0 Å². The maximum absolute atomic E-state index is 2.49. The van der Waals surface area contributed by atoms with E-state index in [0.29, 0.717) is 10.8 Å². The fourth-order valence-electron chi connectivity index (χ4n) is 9.29. The maximum Gasteiger partial charge on any atom is -1.00 e. The monoisotopic (exact) mass is 876 g/mol. The average Bonchev–Trinajstić information content (AvgIpc) is 3.78. The van der Waals surface area contributed by atoms with Gasteiger partial charge in [-0.1, -0.05) is 138 Å². The third-order valence-corrected chi connectivity index (χ3v) is 12.4. The summed E-state index contributed by atoms with van der Waals surface area (Å²) in [6.45, 7) is 14.0. The van der Waals surface area contributed by atoms with E-state index in [2.05, 4.69) is 150 Å². The fourth-order valence-corrected chi connectivity index (χ4v) is 9.29. The van der Waals surface area contributed by atoms with Crippen LogP contribution >= 0.6 is 0 Å². The molecular weight excluding hydrogens is 815 g/mol. The molecule has 56 heavy (non-hydrogen) atoms. The molecule has 296 valence electrons. The van der Waals surface area contributed by atoms with Gasteiger partial charge < -0.3 is 24.8 Å². The predicted octanol–water partition coefficient (Wildman–Crippen LogP) is 9.39. The zero-order chi connectivity index (χ0) is 38.1. The minimum absolute atomic E-state index is 0. The molecule has 0 aromatic heterocycles. The molecule has 8 rings (SSSR count). The number of halogens is 2. The van der Waals surface area contributed by atoms with Crippen molar-refractivity contribution in [3.05, 3.63) is 131 Å². The van der Waals surface area contributed by atoms with Crippen molar-refractivity contribution in [3.63, 3.8) is 0 Å². The number of benzene rings is 4. The molecule has 0 nitrogen and oxygen atoms in total. The molecule has 6 aromatic rings. The zero-order valence-electron chi connectivity index (χ0n) is 35.0. The van der Waals surface area contributed by atoms with Crippen LogP contribution in [0.5, 0.6) is 0 Å². The Kier molecular flexibility index (Phi) is 18.0. The topological polar surface area (TPSA) is 0 Å². The first-order valence-electron chi connectivity index (χ1n) is 21.1. The van der Waals surface area contributed by atoms with Crippen molar-refractivity contribution in [3.8, 4) is 22.3 Å². The van der Waals surface area contributed by atoms with Crippen molar-refractivity contribution in [2.75, 3.05) is 0 Å². The van der Waals surface area contributed by atoms with Crippen LogP contribution in [0.15, 0.2) is 109 Å². The van der Waals surface area contributed by atoms with Gasteiger partial charge in [0.25, 0.3) is 0 Å². The number of aryl methyl sites for hydroxylation is 2. The van der Waals surface area contributed by atoms with Crippen LogP contribution in [-0.2, 0) is 49.0 Å². The molecule has 0 aliphatic heterocycles. The van der Waals surface area contributed by atoms with E-state index in [1.807, 2.05) is 0 Å². The Morgan fingerprint density at radius 1 is 0.536 bits per heavy atom. The molecule has 0 unspecified atom stereocenters. The second-order valence-electron chi connectivity index (χ2n) is 17.5. The first-order chi connectivity index (χ1) is 26.1. The van der Waals surface area contributed by atoms with Gasteiger partial charge in [-0.15, -0.1) is 69.1 Å². The van der Waals surface area contributed by atoms with Crippen LogP contribution < -0.4 is 24.8 Å². The van der Waals surface area contributed by atoms with E-state index in [1.54, 1.807) is 23.3 Å². The van der Waals surface area contributed by atoms with Crippen LogP contribution in [0, 0.1) is 10.8 Å². The van der Waals surface area contributed by atoms with Gasteiger partial charge >= 0.3 is 41.9 Å². The molecule has 0 N–H and O–H groups in total. The molecule has 0 amide bonds. The summed E-state index contributed by atoms with van der Waals surface area (Å²) in [5.74, 6) is 0. The minimum atomic E-state index is 0. The van der Waals surface area contributed by atoms with Crippen LogP contribution in [0.1, 0.15) is 114 Å². The molecule has 2 fully saturated rings. The molecule has 4 heteroatoms. The largest absolute Gasteiger partial charge is 1.00 e. The van der Waals surface area contributed by atoms with Gasteiger partial charge in [-0.3, -0.25) is 0 Å². The second-order valence-corrected chi connectivity index (χ2v) is 26.9. The van der Waals surface area contributed by atoms with Crippen molar-refractivity contribution in [1.82, 2.24) is 0 Å². The SMILES string of the molecule is CCc1ccc(-c2cccc3[cH-]c(CC4(C)CCCCC4)cc23)cc1.CCc1ccc(-c2cccc3[cH-]c(CC4(C)CCCCC4)cc23)cc1.C[Si](C)=[Zr+2].[Cl-].[Cl-]. The van der Waals surface area contributed by atoms with Gasteiger partial charge in [0.15, 0.2) is 0 Å². The number of hydrogen-bond acceptors (Lipinski definition) is 0. The number of hydrogen-bond donors (Lipinski definition) is 0. The summed E-state index contributed by atoms with van der Waals surface area (Å²) < 4.78 is 0. The standard InChI is InChI=1S/2C25H29.C2H6Si.2ClH.Zr/c2*1-3-19-10-12-21(13-11-19)23-9-7-8-22-16-20(17-24(22)23)18-25(2)14-5-4-6-15-25;1-3-2;;;/h2*7-13,16-17H,3-6,14-15,18H2,1-2H3;1-2H3;2*1H;/q2*-1;;;;+2/p-2. The number of fused-ring (bicyclic) bond motifs is 2. The molecule has 2 aliphatic carbocycles. The second kappa shape index (κ2) is 21.7. The Labute approximate surface area is 367 Å². The summed E-state index contributed by atoms with van der Waals surface area (Å²) in [4.78, 5) is 0. The van der Waals surface area contributed by atoms with E-state index in [9.17, 15) is 0 Å². The van der Waals surface area contributed by atoms with Crippen LogP contribution in [0.4, 0.5) is 0 Å². The zero-order valence-corrected chi connectivity index (χ0v) is 40.0. The van der Waals surface area contributed by atoms with Crippen LogP contribution in [-0.4, -0.2) is 5.43 Å². The molecule has 6 aromatic carbocycles. The van der Waals surface area contributed by atoms with Gasteiger partial charge in [-0.05, 0) is 84.5 Å². The van der Waals surface area contributed by atoms with Gasteiger partial charge in [-0.25, -0.2) is 0 Å². The summed E-state index contributed by atoms with van der Waals surface area (Å²) in [7, 11) is 0. The number of rotatable bonds is 8. The Bertz CT molecular complexity index is 1950. The molecule has 0 atom stereocenters. The van der Waals surface area contributed by atoms with Crippen molar-refractivity contribution in [2.24, 2.45) is 10.8 Å². The van der Waals surface area contributed by atoms with E-state index in [1.165, 1.54) is 143 Å². The van der Waals surface area contributed by atoms with Crippen LogP contribution in [0.25, 0.3) is 43.8 Å². The molecule has 2 saturated carbocycles. The van der Waals surface area contributed by atoms with Gasteiger partial charge in [0.05, 0.1) is 0 Å². The average molecular weight is 879 g/mol. The van der Waals surface area contributed by atoms with Crippen molar-refractivity contribution in [1.29, 1.82) is 0 Å². The molecule has 0 bridgehead atoms. The molecular formula is C52H64Cl2SiZr-2. The third-order valence-electron chi connectivity index (χ3n) is 12.4. The van der Waals surface area contributed by atoms with Crippen molar-refractivity contribution < 1.29 is 48.1 Å². The summed E-state index contributed by atoms with van der Waals surface area (Å²) >= 11 is 1.74. The van der Waals surface area contributed by atoms with E-state index in [0.717, 1.165) is 12.8 Å². The molecule has 2 aliphatic rings. The Hall–Kier alpha value is -2.22. The normalized spacial score (nSPS) is 15.7. The molecule has 0 heterocycles. The summed E-state index contributed by atoms with van der Waals surface area (Å²) in [6.07, 6.45) is 18.7. The van der Waals surface area contributed by atoms with Crippen LogP contribution in [0.3, 0.4) is 0 Å². The Morgan fingerprint density at radius 3 is 1.20 bits per heavy atom. The first kappa shape index (κ1) is 46.5. The molecule has 0 spiro atoms. The summed E-state index contributed by atoms with van der Waals surface area (Å²) in [5, 5.41) is 5.63. The maximum atomic E-state index is 2.49. The van der Waals surface area contributed by atoms with Crippen molar-refractivity contribution >= 4 is 27.0 Å². The van der Waals surface area contributed by atoms with E-state index in [-0.39, 0.29) is 30.2 Å². The Morgan fingerprint density at radius 2 is 0.875 bits per heavy atom. The van der Waals surface area contributed by atoms with Crippen molar-refractivity contribution in [2.45, 2.75) is 131 Å². The Balaban J connectivity index is 0.000000220. The predicted molar refractivity (Wildman–Crippen MR) is 236 cm³/mol. The minimum Gasteiger partial charge on any atom is -1.00 e. The molecule has 0 radical (unpaired) electrons. The van der Waals surface area contributed by atoms with Crippen LogP contribution in [0.2, 0.25) is 13.1 Å². The summed E-state index contributed by atoms with van der Waals surface area (Å²) in [6, 6.07) is 41.5. The van der Waals surface area contributed by atoms with E-state index in [4.69, 9.17) is 0 Å². The summed E-state index contributed by atoms with van der Waals surface area (Å²) in [5.41, 5.74) is 12.5. The quantitative estimate of drug-likeness (QED) is 0.106. The molecule has 0 saturated heterocycles. The third kappa shape index (κ3) is 12.4. The van der Waals surface area contributed by atoms with E-state index < -0.39 is 0 Å².